The topological polar surface area (TPSA) is 92.2 Å². The van der Waals surface area contributed by atoms with Gasteiger partial charge >= 0.3 is 0 Å². The van der Waals surface area contributed by atoms with Crippen LogP contribution in [0.5, 0.6) is 0 Å². The van der Waals surface area contributed by atoms with E-state index < -0.39 is 11.7 Å². The van der Waals surface area contributed by atoms with Gasteiger partial charge in [0.1, 0.15) is 11.5 Å². The lowest BCUT2D eigenvalue weighted by Crippen LogP contribution is -2.38. The second-order valence-corrected chi connectivity index (χ2v) is 6.85. The van der Waals surface area contributed by atoms with Crippen molar-refractivity contribution in [3.63, 3.8) is 0 Å². The average molecular weight is 431 g/mol. The Morgan fingerprint density at radius 1 is 1.46 bits per heavy atom. The van der Waals surface area contributed by atoms with Gasteiger partial charge < -0.3 is 15.5 Å². The summed E-state index contributed by atoms with van der Waals surface area (Å²) in [5, 5.41) is 14.1. The fraction of sp³-hybridized carbons (Fsp3) is 0.412. The Morgan fingerprint density at radius 2 is 2.21 bits per heavy atom. The first kappa shape index (κ1) is 22.1. The highest BCUT2D eigenvalue weighted by molar-refractivity contribution is 6.33. The number of carbonyl (C=O) groups excluding carboxylic acids is 2. The highest BCUT2D eigenvalue weighted by atomic mass is 35.5. The van der Waals surface area contributed by atoms with E-state index in [4.69, 9.17) is 11.6 Å². The molecule has 2 N–H and O–H groups in total. The summed E-state index contributed by atoms with van der Waals surface area (Å²) >= 11 is 5.99. The molecule has 28 heavy (non-hydrogen) atoms. The van der Waals surface area contributed by atoms with E-state index in [0.717, 1.165) is 6.07 Å². The standard InChI is InChI=1S/C17H20ClFN6O2.ClH/c1-20-16(26)15-6-12(7-21-15)25-9-11(22-23-25)8-24(2)17(27)13-5-10(19)3-4-14(13)18;/h3-5,9,12,15,21H,6-8H2,1-2H3,(H,20,26);1H/t12-,15-;/m0./s1. The average Bonchev–Trinajstić information content (AvgIpc) is 3.31. The van der Waals surface area contributed by atoms with Crippen molar-refractivity contribution in [1.82, 2.24) is 30.5 Å². The molecule has 1 saturated heterocycles. The van der Waals surface area contributed by atoms with Gasteiger partial charge in [0.2, 0.25) is 5.91 Å². The van der Waals surface area contributed by atoms with Crippen molar-refractivity contribution in [2.24, 2.45) is 0 Å². The summed E-state index contributed by atoms with van der Waals surface area (Å²) in [6.07, 6.45) is 2.35. The zero-order valence-electron chi connectivity index (χ0n) is 15.4. The number of nitrogens with zero attached hydrogens (tertiary/aromatic N) is 4. The number of likely N-dealkylation sites (N-methyl/N-ethyl adjacent to an activating group) is 1. The quantitative estimate of drug-likeness (QED) is 0.747. The number of carbonyl (C=O) groups is 2. The zero-order chi connectivity index (χ0) is 19.6. The molecule has 0 spiro atoms. The van der Waals surface area contributed by atoms with Gasteiger partial charge in [-0.2, -0.15) is 0 Å². The third kappa shape index (κ3) is 4.78. The van der Waals surface area contributed by atoms with E-state index in [1.165, 1.54) is 17.0 Å². The minimum absolute atomic E-state index is 0. The molecule has 1 fully saturated rings. The van der Waals surface area contributed by atoms with Crippen LogP contribution < -0.4 is 10.6 Å². The molecular weight excluding hydrogens is 410 g/mol. The predicted molar refractivity (Wildman–Crippen MR) is 104 cm³/mol. The number of nitrogens with one attached hydrogen (secondary N) is 2. The van der Waals surface area contributed by atoms with Crippen molar-refractivity contribution in [1.29, 1.82) is 0 Å². The molecular formula is C17H21Cl2FN6O2. The van der Waals surface area contributed by atoms with Gasteiger partial charge in [0, 0.05) is 20.6 Å². The van der Waals surface area contributed by atoms with Crippen molar-refractivity contribution in [3.05, 3.63) is 46.5 Å². The first-order chi connectivity index (χ1) is 12.9. The Bertz CT molecular complexity index is 862. The summed E-state index contributed by atoms with van der Waals surface area (Å²) < 4.78 is 15.1. The van der Waals surface area contributed by atoms with Gasteiger partial charge in [-0.1, -0.05) is 16.8 Å². The highest BCUT2D eigenvalue weighted by Crippen LogP contribution is 2.21. The van der Waals surface area contributed by atoms with Crippen LogP contribution in [0.2, 0.25) is 5.02 Å². The lowest BCUT2D eigenvalue weighted by Gasteiger charge is -2.16. The van der Waals surface area contributed by atoms with Gasteiger partial charge in [-0.25, -0.2) is 9.07 Å². The van der Waals surface area contributed by atoms with Crippen molar-refractivity contribution in [3.8, 4) is 0 Å². The molecule has 152 valence electrons. The Morgan fingerprint density at radius 3 is 2.93 bits per heavy atom. The van der Waals surface area contributed by atoms with E-state index in [1.54, 1.807) is 25.0 Å². The van der Waals surface area contributed by atoms with Gasteiger partial charge in [-0.3, -0.25) is 9.59 Å². The van der Waals surface area contributed by atoms with Crippen LogP contribution in [0.25, 0.3) is 0 Å². The minimum Gasteiger partial charge on any atom is -0.358 e. The van der Waals surface area contributed by atoms with Gasteiger partial charge in [0.05, 0.1) is 35.4 Å². The third-order valence-electron chi connectivity index (χ3n) is 4.51. The van der Waals surface area contributed by atoms with Gasteiger partial charge in [-0.15, -0.1) is 17.5 Å². The zero-order valence-corrected chi connectivity index (χ0v) is 16.9. The van der Waals surface area contributed by atoms with E-state index in [0.29, 0.717) is 18.7 Å². The number of benzene rings is 1. The molecule has 1 aliphatic rings. The third-order valence-corrected chi connectivity index (χ3v) is 4.84. The highest BCUT2D eigenvalue weighted by Gasteiger charge is 2.30. The molecule has 0 aliphatic carbocycles. The largest absolute Gasteiger partial charge is 0.358 e. The van der Waals surface area contributed by atoms with E-state index in [2.05, 4.69) is 20.9 Å². The first-order valence-electron chi connectivity index (χ1n) is 8.45. The number of halogens is 3. The lowest BCUT2D eigenvalue weighted by molar-refractivity contribution is -0.122. The molecule has 11 heteroatoms. The summed E-state index contributed by atoms with van der Waals surface area (Å²) in [7, 11) is 3.18. The second-order valence-electron chi connectivity index (χ2n) is 6.44. The number of aromatic nitrogens is 3. The second kappa shape index (κ2) is 9.31. The predicted octanol–water partition coefficient (Wildman–Crippen LogP) is 1.41. The summed E-state index contributed by atoms with van der Waals surface area (Å²) in [4.78, 5) is 25.6. The normalized spacial score (nSPS) is 18.4. The van der Waals surface area contributed by atoms with Crippen molar-refractivity contribution >= 4 is 35.8 Å². The van der Waals surface area contributed by atoms with Crippen molar-refractivity contribution < 1.29 is 14.0 Å². The number of rotatable bonds is 5. The first-order valence-corrected chi connectivity index (χ1v) is 8.83. The van der Waals surface area contributed by atoms with Crippen LogP contribution in [0.3, 0.4) is 0 Å². The fourth-order valence-corrected chi connectivity index (χ4v) is 3.24. The maximum absolute atomic E-state index is 13.4. The molecule has 2 aromatic rings. The summed E-state index contributed by atoms with van der Waals surface area (Å²) in [5.41, 5.74) is 0.682. The van der Waals surface area contributed by atoms with E-state index >= 15 is 0 Å². The molecule has 0 bridgehead atoms. The Hall–Kier alpha value is -2.23. The lowest BCUT2D eigenvalue weighted by atomic mass is 10.1. The minimum atomic E-state index is -0.526. The summed E-state index contributed by atoms with van der Waals surface area (Å²) in [6.45, 7) is 0.805. The number of amides is 2. The van der Waals surface area contributed by atoms with Crippen LogP contribution in [-0.4, -0.2) is 58.4 Å². The van der Waals surface area contributed by atoms with Gasteiger partial charge in [0.15, 0.2) is 0 Å². The monoisotopic (exact) mass is 430 g/mol. The molecule has 0 unspecified atom stereocenters. The van der Waals surface area contributed by atoms with Crippen LogP contribution in [-0.2, 0) is 11.3 Å². The molecule has 1 aliphatic heterocycles. The summed E-state index contributed by atoms with van der Waals surface area (Å²) in [5.74, 6) is -0.993. The molecule has 2 amide bonds. The maximum atomic E-state index is 13.4. The Balaban J connectivity index is 0.00000280. The van der Waals surface area contributed by atoms with E-state index in [-0.39, 0.29) is 47.5 Å². The smallest absolute Gasteiger partial charge is 0.255 e. The summed E-state index contributed by atoms with van der Waals surface area (Å²) in [6, 6.07) is 3.41. The van der Waals surface area contributed by atoms with Crippen LogP contribution in [0, 0.1) is 5.82 Å². The SMILES string of the molecule is CNC(=O)[C@@H]1C[C@H](n2cc(CN(C)C(=O)c3cc(F)ccc3Cl)nn2)CN1.Cl. The van der Waals surface area contributed by atoms with Gasteiger partial charge in [-0.05, 0) is 24.6 Å². The molecule has 3 rings (SSSR count). The molecule has 0 saturated carbocycles. The molecule has 1 aromatic heterocycles. The van der Waals surface area contributed by atoms with E-state index in [1.807, 2.05) is 0 Å². The van der Waals surface area contributed by atoms with Crippen molar-refractivity contribution in [2.75, 3.05) is 20.6 Å². The Kier molecular flexibility index (Phi) is 7.34. The fourth-order valence-electron chi connectivity index (χ4n) is 3.04. The van der Waals surface area contributed by atoms with E-state index in [9.17, 15) is 14.0 Å². The van der Waals surface area contributed by atoms with Crippen LogP contribution in [0.4, 0.5) is 4.39 Å². The Labute approximate surface area is 172 Å². The van der Waals surface area contributed by atoms with Gasteiger partial charge in [0.25, 0.3) is 5.91 Å². The maximum Gasteiger partial charge on any atom is 0.255 e. The number of hydrogen-bond donors (Lipinski definition) is 2. The van der Waals surface area contributed by atoms with Crippen LogP contribution in [0.1, 0.15) is 28.5 Å². The molecule has 0 radical (unpaired) electrons. The number of hydrogen-bond acceptors (Lipinski definition) is 5. The van der Waals surface area contributed by atoms with Crippen LogP contribution in [0.15, 0.2) is 24.4 Å². The molecule has 2 heterocycles. The molecule has 2 atom stereocenters. The molecule has 1 aromatic carbocycles. The molecule has 8 nitrogen and oxygen atoms in total. The van der Waals surface area contributed by atoms with Crippen molar-refractivity contribution in [2.45, 2.75) is 25.0 Å². The van der Waals surface area contributed by atoms with Crippen LogP contribution >= 0.6 is 24.0 Å².